The number of furan rings is 1. The second-order valence-corrected chi connectivity index (χ2v) is 10.8. The fourth-order valence-corrected chi connectivity index (χ4v) is 5.16. The van der Waals surface area contributed by atoms with Crippen LogP contribution in [0.1, 0.15) is 47.0 Å². The van der Waals surface area contributed by atoms with E-state index in [0.29, 0.717) is 68.6 Å². The van der Waals surface area contributed by atoms with E-state index in [9.17, 15) is 9.59 Å². The minimum absolute atomic E-state index is 0.0204. The van der Waals surface area contributed by atoms with Crippen LogP contribution in [0.2, 0.25) is 0 Å². The van der Waals surface area contributed by atoms with Crippen molar-refractivity contribution in [2.45, 2.75) is 39.2 Å². The van der Waals surface area contributed by atoms with Crippen LogP contribution in [0, 0.1) is 0 Å². The van der Waals surface area contributed by atoms with E-state index < -0.39 is 0 Å². The second-order valence-electron chi connectivity index (χ2n) is 10.8. The van der Waals surface area contributed by atoms with Gasteiger partial charge in [0.05, 0.1) is 40.2 Å². The average Bonchev–Trinajstić information content (AvgIpc) is 3.57. The highest BCUT2D eigenvalue weighted by Gasteiger charge is 2.24. The normalized spacial score (nSPS) is 13.5. The number of rotatable bonds is 16. The van der Waals surface area contributed by atoms with Crippen LogP contribution in [0.15, 0.2) is 65.3 Å². The molecule has 0 unspecified atom stereocenters. The monoisotopic (exact) mass is 591 g/mol. The number of hydrogen-bond donors (Lipinski definition) is 0. The molecule has 1 fully saturated rings. The van der Waals surface area contributed by atoms with Crippen LogP contribution >= 0.6 is 0 Å². The summed E-state index contributed by atoms with van der Waals surface area (Å²) in [5.74, 6) is 1.72. The molecule has 43 heavy (non-hydrogen) atoms. The molecule has 9 nitrogen and oxygen atoms in total. The maximum atomic E-state index is 13.9. The standard InChI is InChI=1S/C34H45N3O6/c1-4-5-7-27-9-12-29(13-10-27)34(39)37(18-17-35-19-22-42-23-20-35)26-33(38)36(25-30-8-6-21-43-30)16-15-28-11-14-31(40-2)32(24-28)41-3/h6,8-14,21,24H,4-5,7,15-20,22-23,25-26H2,1-3H3. The van der Waals surface area contributed by atoms with E-state index >= 15 is 0 Å². The molecular weight excluding hydrogens is 546 g/mol. The zero-order valence-electron chi connectivity index (χ0n) is 25.8. The summed E-state index contributed by atoms with van der Waals surface area (Å²) in [5, 5.41) is 0. The van der Waals surface area contributed by atoms with Crippen LogP contribution in [0.4, 0.5) is 0 Å². The van der Waals surface area contributed by atoms with Gasteiger partial charge in [-0.3, -0.25) is 14.5 Å². The first-order chi connectivity index (χ1) is 21.0. The molecular formula is C34H45N3O6. The third-order valence-electron chi connectivity index (χ3n) is 7.82. The summed E-state index contributed by atoms with van der Waals surface area (Å²) in [4.78, 5) is 33.4. The number of unbranched alkanes of at least 4 members (excludes halogenated alkanes) is 1. The highest BCUT2D eigenvalue weighted by atomic mass is 16.5. The highest BCUT2D eigenvalue weighted by molar-refractivity contribution is 5.96. The van der Waals surface area contributed by atoms with Crippen molar-refractivity contribution in [3.8, 4) is 11.5 Å². The first-order valence-corrected chi connectivity index (χ1v) is 15.2. The van der Waals surface area contributed by atoms with Crippen LogP contribution < -0.4 is 9.47 Å². The predicted molar refractivity (Wildman–Crippen MR) is 166 cm³/mol. The molecule has 1 saturated heterocycles. The summed E-state index contributed by atoms with van der Waals surface area (Å²) < 4.78 is 21.9. The van der Waals surface area contributed by atoms with Crippen LogP contribution in [-0.4, -0.2) is 93.2 Å². The summed E-state index contributed by atoms with van der Waals surface area (Å²) in [6, 6.07) is 17.3. The number of aryl methyl sites for hydroxylation is 1. The van der Waals surface area contributed by atoms with E-state index in [1.807, 2.05) is 54.6 Å². The lowest BCUT2D eigenvalue weighted by Crippen LogP contribution is -2.47. The Balaban J connectivity index is 1.50. The maximum Gasteiger partial charge on any atom is 0.254 e. The van der Waals surface area contributed by atoms with Gasteiger partial charge in [0.1, 0.15) is 12.3 Å². The molecule has 2 heterocycles. The Morgan fingerprint density at radius 1 is 0.884 bits per heavy atom. The summed E-state index contributed by atoms with van der Waals surface area (Å²) in [5.41, 5.74) is 2.82. The molecule has 4 rings (SSSR count). The number of carbonyl (C=O) groups excluding carboxylic acids is 2. The molecule has 0 radical (unpaired) electrons. The lowest BCUT2D eigenvalue weighted by molar-refractivity contribution is -0.132. The van der Waals surface area contributed by atoms with Crippen molar-refractivity contribution in [1.29, 1.82) is 0 Å². The molecule has 2 amide bonds. The average molecular weight is 592 g/mol. The van der Waals surface area contributed by atoms with Crippen LogP contribution in [0.25, 0.3) is 0 Å². The molecule has 232 valence electrons. The Labute approximate surface area is 255 Å². The Hall–Kier alpha value is -3.82. The third kappa shape index (κ3) is 9.59. The summed E-state index contributed by atoms with van der Waals surface area (Å²) in [6.07, 6.45) is 5.44. The molecule has 3 aromatic rings. The van der Waals surface area contributed by atoms with E-state index in [0.717, 1.165) is 37.9 Å². The van der Waals surface area contributed by atoms with Crippen LogP contribution in [0.3, 0.4) is 0 Å². The lowest BCUT2D eigenvalue weighted by atomic mass is 10.1. The number of hydrogen-bond acceptors (Lipinski definition) is 7. The summed E-state index contributed by atoms with van der Waals surface area (Å²) >= 11 is 0. The molecule has 0 spiro atoms. The van der Waals surface area contributed by atoms with E-state index in [1.165, 1.54) is 5.56 Å². The minimum Gasteiger partial charge on any atom is -0.493 e. The number of carbonyl (C=O) groups is 2. The maximum absolute atomic E-state index is 13.9. The summed E-state index contributed by atoms with van der Waals surface area (Å²) in [7, 11) is 3.21. The van der Waals surface area contributed by atoms with Crippen molar-refractivity contribution < 1.29 is 28.2 Å². The van der Waals surface area contributed by atoms with E-state index in [1.54, 1.807) is 30.3 Å². The molecule has 1 aliphatic heterocycles. The van der Waals surface area contributed by atoms with Gasteiger partial charge in [0.2, 0.25) is 5.91 Å². The molecule has 0 atom stereocenters. The van der Waals surface area contributed by atoms with Gasteiger partial charge in [0.15, 0.2) is 11.5 Å². The van der Waals surface area contributed by atoms with Crippen LogP contribution in [-0.2, 0) is 28.9 Å². The third-order valence-corrected chi connectivity index (χ3v) is 7.82. The first kappa shape index (κ1) is 32.1. The van der Waals surface area contributed by atoms with E-state index in [2.05, 4.69) is 11.8 Å². The number of methoxy groups -OCH3 is 2. The Morgan fingerprint density at radius 2 is 1.63 bits per heavy atom. The van der Waals surface area contributed by atoms with Crippen molar-refractivity contribution in [1.82, 2.24) is 14.7 Å². The number of morpholine rings is 1. The van der Waals surface area contributed by atoms with Crippen molar-refractivity contribution in [2.75, 3.05) is 66.7 Å². The fraction of sp³-hybridized carbons (Fsp3) is 0.471. The highest BCUT2D eigenvalue weighted by Crippen LogP contribution is 2.28. The predicted octanol–water partition coefficient (Wildman–Crippen LogP) is 4.69. The molecule has 0 N–H and O–H groups in total. The fourth-order valence-electron chi connectivity index (χ4n) is 5.16. The lowest BCUT2D eigenvalue weighted by Gasteiger charge is -2.31. The van der Waals surface area contributed by atoms with Crippen molar-refractivity contribution in [3.05, 3.63) is 83.3 Å². The Kier molecular flexibility index (Phi) is 12.5. The topological polar surface area (TPSA) is 84.7 Å². The van der Waals surface area contributed by atoms with Gasteiger partial charge < -0.3 is 28.4 Å². The Morgan fingerprint density at radius 3 is 2.30 bits per heavy atom. The number of benzene rings is 2. The van der Waals surface area contributed by atoms with Crippen molar-refractivity contribution in [3.63, 3.8) is 0 Å². The van der Waals surface area contributed by atoms with Gasteiger partial charge >= 0.3 is 0 Å². The molecule has 0 saturated carbocycles. The zero-order valence-corrected chi connectivity index (χ0v) is 25.8. The smallest absolute Gasteiger partial charge is 0.254 e. The van der Waals surface area contributed by atoms with Gasteiger partial charge in [0.25, 0.3) is 5.91 Å². The van der Waals surface area contributed by atoms with Gasteiger partial charge in [-0.05, 0) is 66.8 Å². The summed E-state index contributed by atoms with van der Waals surface area (Å²) in [6.45, 7) is 7.04. The van der Waals surface area contributed by atoms with Crippen molar-refractivity contribution >= 4 is 11.8 Å². The molecule has 1 aromatic heterocycles. The van der Waals surface area contributed by atoms with Gasteiger partial charge in [-0.15, -0.1) is 0 Å². The van der Waals surface area contributed by atoms with Gasteiger partial charge in [-0.2, -0.15) is 0 Å². The molecule has 9 heteroatoms. The van der Waals surface area contributed by atoms with Gasteiger partial charge in [-0.1, -0.05) is 31.5 Å². The minimum atomic E-state index is -0.138. The largest absolute Gasteiger partial charge is 0.493 e. The molecule has 0 bridgehead atoms. The van der Waals surface area contributed by atoms with Gasteiger partial charge in [-0.25, -0.2) is 0 Å². The quantitative estimate of drug-likeness (QED) is 0.239. The number of amides is 2. The number of nitrogens with zero attached hydrogens (tertiary/aromatic N) is 3. The van der Waals surface area contributed by atoms with E-state index in [4.69, 9.17) is 18.6 Å². The van der Waals surface area contributed by atoms with Crippen LogP contribution in [0.5, 0.6) is 11.5 Å². The molecule has 0 aliphatic carbocycles. The first-order valence-electron chi connectivity index (χ1n) is 15.2. The van der Waals surface area contributed by atoms with Gasteiger partial charge in [0, 0.05) is 38.3 Å². The number of ether oxygens (including phenoxy) is 3. The SMILES string of the molecule is CCCCc1ccc(C(=O)N(CCN2CCOCC2)CC(=O)N(CCc2ccc(OC)c(OC)c2)Cc2ccco2)cc1. The van der Waals surface area contributed by atoms with E-state index in [-0.39, 0.29) is 18.4 Å². The Bertz CT molecular complexity index is 1270. The molecule has 2 aromatic carbocycles. The van der Waals surface area contributed by atoms with Crippen molar-refractivity contribution in [2.24, 2.45) is 0 Å². The zero-order chi connectivity index (χ0) is 30.4. The second kappa shape index (κ2) is 16.7. The molecule has 1 aliphatic rings.